The summed E-state index contributed by atoms with van der Waals surface area (Å²) in [6.07, 6.45) is 2.73. The Labute approximate surface area is 105 Å². The van der Waals surface area contributed by atoms with Crippen molar-refractivity contribution >= 4 is 15.9 Å². The summed E-state index contributed by atoms with van der Waals surface area (Å²) in [5.74, 6) is 0. The number of hydrogen-bond acceptors (Lipinski definition) is 3. The van der Waals surface area contributed by atoms with Crippen LogP contribution < -0.4 is 5.73 Å². The number of nitrogens with zero attached hydrogens (tertiary/aromatic N) is 2. The van der Waals surface area contributed by atoms with Gasteiger partial charge in [0, 0.05) is 13.2 Å². The number of ether oxygens (including phenoxy) is 1. The lowest BCUT2D eigenvalue weighted by Gasteiger charge is -2.23. The molecule has 0 bridgehead atoms. The van der Waals surface area contributed by atoms with Crippen molar-refractivity contribution < 1.29 is 4.74 Å². The summed E-state index contributed by atoms with van der Waals surface area (Å²) in [4.78, 5) is 0. The van der Waals surface area contributed by atoms with E-state index in [4.69, 9.17) is 10.5 Å². The van der Waals surface area contributed by atoms with E-state index >= 15 is 0 Å². The van der Waals surface area contributed by atoms with Gasteiger partial charge in [0.25, 0.3) is 0 Å². The number of nitrogens with two attached hydrogens (primary N) is 1. The van der Waals surface area contributed by atoms with Crippen molar-refractivity contribution in [2.75, 3.05) is 6.61 Å². The van der Waals surface area contributed by atoms with E-state index in [1.807, 2.05) is 11.6 Å². The van der Waals surface area contributed by atoms with Gasteiger partial charge in [-0.1, -0.05) is 6.92 Å². The number of hydrogen-bond donors (Lipinski definition) is 1. The lowest BCUT2D eigenvalue weighted by molar-refractivity contribution is 0.0392. The number of aryl methyl sites for hydroxylation is 1. The van der Waals surface area contributed by atoms with Gasteiger partial charge in [0.15, 0.2) is 0 Å². The lowest BCUT2D eigenvalue weighted by Crippen LogP contribution is -2.30. The zero-order valence-corrected chi connectivity index (χ0v) is 11.7. The largest absolute Gasteiger partial charge is 0.376 e. The SMILES string of the molecule is CCOC(CC)C(N)c1c(Br)cnn1CC. The smallest absolute Gasteiger partial charge is 0.0780 e. The zero-order chi connectivity index (χ0) is 12.1. The summed E-state index contributed by atoms with van der Waals surface area (Å²) in [5, 5.41) is 4.27. The van der Waals surface area contributed by atoms with Crippen LogP contribution in [0.5, 0.6) is 0 Å². The first-order chi connectivity index (χ1) is 7.65. The highest BCUT2D eigenvalue weighted by Crippen LogP contribution is 2.26. The Balaban J connectivity index is 2.92. The van der Waals surface area contributed by atoms with Crippen LogP contribution in [0.1, 0.15) is 38.9 Å². The molecule has 0 amide bonds. The maximum absolute atomic E-state index is 6.24. The minimum atomic E-state index is -0.137. The summed E-state index contributed by atoms with van der Waals surface area (Å²) in [6, 6.07) is -0.137. The molecule has 0 saturated carbocycles. The van der Waals surface area contributed by atoms with Crippen molar-refractivity contribution in [2.45, 2.75) is 45.9 Å². The van der Waals surface area contributed by atoms with Crippen LogP contribution in [0.25, 0.3) is 0 Å². The monoisotopic (exact) mass is 289 g/mol. The van der Waals surface area contributed by atoms with Crippen molar-refractivity contribution in [2.24, 2.45) is 5.73 Å². The van der Waals surface area contributed by atoms with Crippen LogP contribution in [0.2, 0.25) is 0 Å². The summed E-state index contributed by atoms with van der Waals surface area (Å²) in [7, 11) is 0. The Morgan fingerprint density at radius 3 is 2.69 bits per heavy atom. The first-order valence-electron chi connectivity index (χ1n) is 5.73. The fraction of sp³-hybridized carbons (Fsp3) is 0.727. The highest BCUT2D eigenvalue weighted by Gasteiger charge is 2.23. The van der Waals surface area contributed by atoms with E-state index in [9.17, 15) is 0 Å². The van der Waals surface area contributed by atoms with E-state index in [1.165, 1.54) is 0 Å². The van der Waals surface area contributed by atoms with Gasteiger partial charge < -0.3 is 10.5 Å². The molecule has 0 aliphatic heterocycles. The van der Waals surface area contributed by atoms with Crippen LogP contribution in [0.3, 0.4) is 0 Å². The Morgan fingerprint density at radius 1 is 1.50 bits per heavy atom. The van der Waals surface area contributed by atoms with Crippen LogP contribution >= 0.6 is 15.9 Å². The fourth-order valence-corrected chi connectivity index (χ4v) is 2.38. The van der Waals surface area contributed by atoms with Crippen molar-refractivity contribution in [3.05, 3.63) is 16.4 Å². The highest BCUT2D eigenvalue weighted by atomic mass is 79.9. The molecule has 1 heterocycles. The van der Waals surface area contributed by atoms with Crippen LogP contribution in [-0.4, -0.2) is 22.5 Å². The number of rotatable bonds is 6. The van der Waals surface area contributed by atoms with Gasteiger partial charge in [0.1, 0.15) is 0 Å². The predicted molar refractivity (Wildman–Crippen MR) is 68.2 cm³/mol. The van der Waals surface area contributed by atoms with Crippen molar-refractivity contribution in [1.29, 1.82) is 0 Å². The van der Waals surface area contributed by atoms with E-state index < -0.39 is 0 Å². The molecular weight excluding hydrogens is 270 g/mol. The van der Waals surface area contributed by atoms with E-state index in [1.54, 1.807) is 6.20 Å². The third-order valence-electron chi connectivity index (χ3n) is 2.63. The van der Waals surface area contributed by atoms with Crippen molar-refractivity contribution in [1.82, 2.24) is 9.78 Å². The maximum Gasteiger partial charge on any atom is 0.0780 e. The Kier molecular flexibility index (Phi) is 5.44. The van der Waals surface area contributed by atoms with Gasteiger partial charge in [-0.3, -0.25) is 4.68 Å². The standard InChI is InChI=1S/C11H20BrN3O/c1-4-9(16-6-3)10(13)11-8(12)7-14-15(11)5-2/h7,9-10H,4-6,13H2,1-3H3. The van der Waals surface area contributed by atoms with Gasteiger partial charge in [-0.05, 0) is 36.2 Å². The summed E-state index contributed by atoms with van der Waals surface area (Å²) in [6.45, 7) is 7.63. The van der Waals surface area contributed by atoms with Crippen LogP contribution in [-0.2, 0) is 11.3 Å². The molecule has 0 aromatic carbocycles. The molecule has 2 N–H and O–H groups in total. The van der Waals surface area contributed by atoms with Gasteiger partial charge in [-0.15, -0.1) is 0 Å². The molecule has 2 atom stereocenters. The van der Waals surface area contributed by atoms with Crippen LogP contribution in [0, 0.1) is 0 Å². The second-order valence-electron chi connectivity index (χ2n) is 3.62. The number of aromatic nitrogens is 2. The van der Waals surface area contributed by atoms with Gasteiger partial charge in [-0.25, -0.2) is 0 Å². The Morgan fingerprint density at radius 2 is 2.19 bits per heavy atom. The van der Waals surface area contributed by atoms with E-state index in [-0.39, 0.29) is 12.1 Å². The molecule has 0 aliphatic rings. The molecule has 92 valence electrons. The minimum Gasteiger partial charge on any atom is -0.376 e. The normalized spacial score (nSPS) is 15.1. The minimum absolute atomic E-state index is 0.0447. The molecule has 16 heavy (non-hydrogen) atoms. The first kappa shape index (κ1) is 13.7. The molecule has 4 nitrogen and oxygen atoms in total. The molecule has 0 saturated heterocycles. The third kappa shape index (κ3) is 2.84. The fourth-order valence-electron chi connectivity index (χ4n) is 1.82. The van der Waals surface area contributed by atoms with Gasteiger partial charge in [0.05, 0.1) is 28.5 Å². The van der Waals surface area contributed by atoms with Crippen LogP contribution in [0.15, 0.2) is 10.7 Å². The highest BCUT2D eigenvalue weighted by molar-refractivity contribution is 9.10. The van der Waals surface area contributed by atoms with Gasteiger partial charge in [0.2, 0.25) is 0 Å². The molecular formula is C11H20BrN3O. The molecule has 0 aliphatic carbocycles. The van der Waals surface area contributed by atoms with Gasteiger partial charge in [-0.2, -0.15) is 5.10 Å². The molecule has 2 unspecified atom stereocenters. The van der Waals surface area contributed by atoms with Crippen molar-refractivity contribution in [3.63, 3.8) is 0 Å². The second-order valence-corrected chi connectivity index (χ2v) is 4.48. The molecule has 0 fully saturated rings. The summed E-state index contributed by atoms with van der Waals surface area (Å²) < 4.78 is 8.52. The average molecular weight is 290 g/mol. The predicted octanol–water partition coefficient (Wildman–Crippen LogP) is 2.48. The van der Waals surface area contributed by atoms with Gasteiger partial charge >= 0.3 is 0 Å². The average Bonchev–Trinajstić information content (AvgIpc) is 2.66. The van der Waals surface area contributed by atoms with E-state index in [0.29, 0.717) is 6.61 Å². The maximum atomic E-state index is 6.24. The third-order valence-corrected chi connectivity index (χ3v) is 3.24. The zero-order valence-electron chi connectivity index (χ0n) is 10.1. The summed E-state index contributed by atoms with van der Waals surface area (Å²) >= 11 is 3.49. The molecule has 0 spiro atoms. The van der Waals surface area contributed by atoms with Crippen LogP contribution in [0.4, 0.5) is 0 Å². The first-order valence-corrected chi connectivity index (χ1v) is 6.53. The Bertz CT molecular complexity index is 327. The molecule has 1 aromatic rings. The molecule has 1 rings (SSSR count). The molecule has 5 heteroatoms. The molecule has 0 radical (unpaired) electrons. The quantitative estimate of drug-likeness (QED) is 0.875. The molecule has 1 aromatic heterocycles. The number of halogens is 1. The lowest BCUT2D eigenvalue weighted by atomic mass is 10.1. The van der Waals surface area contributed by atoms with Crippen molar-refractivity contribution in [3.8, 4) is 0 Å². The topological polar surface area (TPSA) is 53.1 Å². The summed E-state index contributed by atoms with van der Waals surface area (Å²) in [5.41, 5.74) is 7.26. The van der Waals surface area contributed by atoms with E-state index in [2.05, 4.69) is 34.9 Å². The Hall–Kier alpha value is -0.390. The van der Waals surface area contributed by atoms with E-state index in [0.717, 1.165) is 23.1 Å². The second kappa shape index (κ2) is 6.37.